The van der Waals surface area contributed by atoms with E-state index >= 15 is 0 Å². The van der Waals surface area contributed by atoms with E-state index in [9.17, 15) is 0 Å². The van der Waals surface area contributed by atoms with Crippen LogP contribution in [0.4, 0.5) is 0 Å². The fourth-order valence-corrected chi connectivity index (χ4v) is 0. The Balaban J connectivity index is -0.0000000450. The molecule has 0 spiro atoms. The molecule has 0 unspecified atom stereocenters. The summed E-state index contributed by atoms with van der Waals surface area (Å²) in [6, 6.07) is 0. The van der Waals surface area contributed by atoms with Gasteiger partial charge in [-0.1, -0.05) is 0 Å². The van der Waals surface area contributed by atoms with E-state index < -0.39 is 5.09 Å². The molecule has 0 aromatic carbocycles. The van der Waals surface area contributed by atoms with Crippen molar-refractivity contribution >= 4 is 68.7 Å². The maximum absolute atomic E-state index is 8.36. The second kappa shape index (κ2) is 9.62. The zero-order valence-electron chi connectivity index (χ0n) is 1.71. The molecule has 0 aliphatic rings. The third kappa shape index (κ3) is 54.7. The molecule has 0 aliphatic carbocycles. The fourth-order valence-electron chi connectivity index (χ4n) is 0. The molecule has 0 bridgehead atoms. The average Bonchev–Trinajstić information content (AvgIpc) is 0.811. The Labute approximate surface area is 87.6 Å². The van der Waals surface area contributed by atoms with E-state index in [2.05, 4.69) is 0 Å². The van der Waals surface area contributed by atoms with Gasteiger partial charge < -0.3 is 5.21 Å². The van der Waals surface area contributed by atoms with Gasteiger partial charge in [0.2, 0.25) is 0 Å². The standard InChI is InChI=1S/Al.K.HNO3.4H/c;;2-1(3)4;;;;/h;;(H,2,3,4);;;;. The predicted octanol–water partition coefficient (Wildman–Crippen LogP) is -2.18. The summed E-state index contributed by atoms with van der Waals surface area (Å²) >= 11 is 0. The van der Waals surface area contributed by atoms with E-state index in [1.807, 2.05) is 0 Å². The number of hydrogen-bond acceptors (Lipinski definition) is 2. The average molecular weight is 133 g/mol. The topological polar surface area (TPSA) is 63.4 Å². The molecule has 6 heavy (non-hydrogen) atoms. The van der Waals surface area contributed by atoms with Crippen LogP contribution in [-0.4, -0.2) is 79.0 Å². The summed E-state index contributed by atoms with van der Waals surface area (Å²) in [4.78, 5) is 8.36. The Morgan fingerprint density at radius 3 is 1.67 bits per heavy atom. The summed E-state index contributed by atoms with van der Waals surface area (Å²) < 4.78 is 0. The first-order valence-corrected chi connectivity index (χ1v) is 0.565. The first kappa shape index (κ1) is 15.7. The third-order valence-corrected chi connectivity index (χ3v) is 0. The van der Waals surface area contributed by atoms with Gasteiger partial charge in [0, 0.05) is 0 Å². The first-order chi connectivity index (χ1) is 1.73. The fraction of sp³-hybridized carbons (Fsp3) is 0. The van der Waals surface area contributed by atoms with Crippen LogP contribution in [0, 0.1) is 10.1 Å². The molecule has 0 fully saturated rings. The van der Waals surface area contributed by atoms with Gasteiger partial charge in [-0.25, -0.2) is 0 Å². The molecule has 6 heteroatoms. The van der Waals surface area contributed by atoms with Gasteiger partial charge in [-0.2, -0.15) is 0 Å². The van der Waals surface area contributed by atoms with Crippen molar-refractivity contribution in [2.24, 2.45) is 0 Å². The van der Waals surface area contributed by atoms with Crippen LogP contribution in [0.15, 0.2) is 0 Å². The van der Waals surface area contributed by atoms with Gasteiger partial charge in [-0.15, -0.1) is 10.1 Å². The van der Waals surface area contributed by atoms with Crippen molar-refractivity contribution in [3.63, 3.8) is 0 Å². The molecule has 0 aromatic rings. The molecular weight excluding hydrogens is 128 g/mol. The maximum atomic E-state index is 8.36. The number of hydrogen-bond donors (Lipinski definition) is 1. The van der Waals surface area contributed by atoms with Gasteiger partial charge in [0.25, 0.3) is 5.09 Å². The summed E-state index contributed by atoms with van der Waals surface area (Å²) in [6.45, 7) is 0. The number of rotatable bonds is 0. The van der Waals surface area contributed by atoms with Gasteiger partial charge in [0.15, 0.2) is 17.4 Å². The van der Waals surface area contributed by atoms with Gasteiger partial charge in [0.05, 0.1) is 0 Å². The van der Waals surface area contributed by atoms with Crippen LogP contribution >= 0.6 is 0 Å². The van der Waals surface area contributed by atoms with Crippen LogP contribution < -0.4 is 0 Å². The van der Waals surface area contributed by atoms with Crippen molar-refractivity contribution in [1.82, 2.24) is 0 Å². The summed E-state index contributed by atoms with van der Waals surface area (Å²) in [5, 5.41) is 13.6. The van der Waals surface area contributed by atoms with Crippen LogP contribution in [-0.2, 0) is 0 Å². The summed E-state index contributed by atoms with van der Waals surface area (Å²) in [5.41, 5.74) is 0. The van der Waals surface area contributed by atoms with E-state index in [1.54, 1.807) is 0 Å². The van der Waals surface area contributed by atoms with Crippen LogP contribution in [0.3, 0.4) is 0 Å². The molecule has 1 N–H and O–H groups in total. The Morgan fingerprint density at radius 2 is 1.67 bits per heavy atom. The van der Waals surface area contributed by atoms with Gasteiger partial charge in [-0.05, 0) is 0 Å². The molecule has 0 heterocycles. The molecule has 0 amide bonds. The van der Waals surface area contributed by atoms with Crippen molar-refractivity contribution in [2.45, 2.75) is 0 Å². The predicted molar refractivity (Wildman–Crippen MR) is 25.9 cm³/mol. The van der Waals surface area contributed by atoms with Crippen LogP contribution in [0.1, 0.15) is 0 Å². The molecule has 0 atom stereocenters. The monoisotopic (exact) mass is 133 g/mol. The Bertz CT molecular complexity index is 33.8. The Kier molecular flexibility index (Phi) is 25.1. The molecule has 32 valence electrons. The third-order valence-electron chi connectivity index (χ3n) is 0. The SMILES string of the molecule is O=[N+]([O-])O.[AlH3].[KH]. The number of nitrogens with zero attached hydrogens (tertiary/aromatic N) is 1. The van der Waals surface area contributed by atoms with E-state index in [0.717, 1.165) is 0 Å². The molecule has 4 nitrogen and oxygen atoms in total. The van der Waals surface area contributed by atoms with Crippen molar-refractivity contribution in [3.8, 4) is 0 Å². The van der Waals surface area contributed by atoms with E-state index in [4.69, 9.17) is 15.3 Å². The zero-order chi connectivity index (χ0) is 3.58. The van der Waals surface area contributed by atoms with E-state index in [-0.39, 0.29) is 68.7 Å². The quantitative estimate of drug-likeness (QED) is 0.232. The molecule has 0 radical (unpaired) electrons. The first-order valence-electron chi connectivity index (χ1n) is 0.565. The van der Waals surface area contributed by atoms with E-state index in [0.29, 0.717) is 0 Å². The van der Waals surface area contributed by atoms with E-state index in [1.165, 1.54) is 0 Å². The van der Waals surface area contributed by atoms with Crippen molar-refractivity contribution in [3.05, 3.63) is 10.1 Å². The van der Waals surface area contributed by atoms with Crippen LogP contribution in [0.2, 0.25) is 0 Å². The molecule has 0 saturated carbocycles. The van der Waals surface area contributed by atoms with Gasteiger partial charge in [0.1, 0.15) is 0 Å². The van der Waals surface area contributed by atoms with Crippen LogP contribution in [0.5, 0.6) is 0 Å². The Hall–Kier alpha value is 1.37. The second-order valence-corrected chi connectivity index (χ2v) is 0.238. The van der Waals surface area contributed by atoms with Gasteiger partial charge >= 0.3 is 51.4 Å². The van der Waals surface area contributed by atoms with Crippen molar-refractivity contribution < 1.29 is 10.3 Å². The summed E-state index contributed by atoms with van der Waals surface area (Å²) in [6.07, 6.45) is 0. The van der Waals surface area contributed by atoms with Crippen LogP contribution in [0.25, 0.3) is 0 Å². The molecule has 0 aliphatic heterocycles. The summed E-state index contributed by atoms with van der Waals surface area (Å²) in [7, 11) is 0. The minimum atomic E-state index is -1.50. The normalized spacial score (nSPS) is 4.00. The zero-order valence-corrected chi connectivity index (χ0v) is 1.71. The van der Waals surface area contributed by atoms with Crippen molar-refractivity contribution in [1.29, 1.82) is 0 Å². The summed E-state index contributed by atoms with van der Waals surface area (Å²) in [5.74, 6) is 0. The van der Waals surface area contributed by atoms with Crippen molar-refractivity contribution in [2.75, 3.05) is 0 Å². The molecule has 0 rings (SSSR count). The van der Waals surface area contributed by atoms with Gasteiger partial charge in [-0.3, -0.25) is 0 Å². The molecular formula is H5AlKNO3. The minimum absolute atomic E-state index is 0. The second-order valence-electron chi connectivity index (χ2n) is 0.238. The molecule has 0 aromatic heterocycles. The molecule has 0 saturated heterocycles. The Morgan fingerprint density at radius 1 is 1.67 bits per heavy atom.